The van der Waals surface area contributed by atoms with Crippen LogP contribution in [0.4, 0.5) is 5.95 Å². The van der Waals surface area contributed by atoms with E-state index in [0.29, 0.717) is 23.7 Å². The molecule has 0 fully saturated rings. The number of imidazole rings is 1. The predicted octanol–water partition coefficient (Wildman–Crippen LogP) is 2.25. The van der Waals surface area contributed by atoms with Gasteiger partial charge in [0.1, 0.15) is 5.75 Å². The molecule has 0 unspecified atom stereocenters. The van der Waals surface area contributed by atoms with Gasteiger partial charge >= 0.3 is 5.69 Å². The van der Waals surface area contributed by atoms with Gasteiger partial charge in [0, 0.05) is 14.1 Å². The number of aryl methyl sites for hydroxylation is 2. The lowest BCUT2D eigenvalue weighted by Gasteiger charge is -2.10. The minimum absolute atomic E-state index is 0.299. The number of hydrazone groups is 1. The highest BCUT2D eigenvalue weighted by molar-refractivity contribution is 5.80. The van der Waals surface area contributed by atoms with Crippen molar-refractivity contribution in [1.29, 1.82) is 0 Å². The smallest absolute Gasteiger partial charge is 0.332 e. The number of hydrogen-bond acceptors (Lipinski definition) is 6. The molecule has 9 heteroatoms. The Balaban J connectivity index is 1.78. The van der Waals surface area contributed by atoms with E-state index in [-0.39, 0.29) is 0 Å². The summed E-state index contributed by atoms with van der Waals surface area (Å²) in [5.74, 6) is 1.12. The number of nitrogens with zero attached hydrogens (tertiary/aromatic N) is 5. The Bertz CT molecular complexity index is 1430. The SMILES string of the molecule is COc1ccc(/C=N/Nc2nc3c(c(=O)n(C)c(=O)n3C)n2Cc2cccc(C)c2)cc1. The van der Waals surface area contributed by atoms with Gasteiger partial charge in [0.25, 0.3) is 5.56 Å². The first-order chi connectivity index (χ1) is 15.4. The standard InChI is InChI=1S/C23H24N6O3/c1-15-6-5-7-17(12-15)14-29-19-20(27(2)23(31)28(3)21(19)30)25-22(29)26-24-13-16-8-10-18(32-4)11-9-16/h5-13H,14H2,1-4H3,(H,25,26)/b24-13+. The average Bonchev–Trinajstić information content (AvgIpc) is 3.15. The third-order valence-corrected chi connectivity index (χ3v) is 5.27. The molecule has 2 aromatic heterocycles. The number of methoxy groups -OCH3 is 1. The van der Waals surface area contributed by atoms with Gasteiger partial charge in [-0.2, -0.15) is 10.1 Å². The molecular weight excluding hydrogens is 408 g/mol. The lowest BCUT2D eigenvalue weighted by Crippen LogP contribution is -2.37. The highest BCUT2D eigenvalue weighted by Gasteiger charge is 2.19. The van der Waals surface area contributed by atoms with Crippen LogP contribution >= 0.6 is 0 Å². The van der Waals surface area contributed by atoms with Crippen LogP contribution in [0.15, 0.2) is 63.2 Å². The molecule has 164 valence electrons. The Morgan fingerprint density at radius 3 is 2.53 bits per heavy atom. The molecule has 0 spiro atoms. The second-order valence-corrected chi connectivity index (χ2v) is 7.53. The predicted molar refractivity (Wildman–Crippen MR) is 125 cm³/mol. The first-order valence-electron chi connectivity index (χ1n) is 10.0. The average molecular weight is 432 g/mol. The maximum atomic E-state index is 13.0. The molecule has 0 saturated heterocycles. The third kappa shape index (κ3) is 3.92. The first kappa shape index (κ1) is 21.1. The van der Waals surface area contributed by atoms with Gasteiger partial charge in [0.2, 0.25) is 5.95 Å². The molecule has 1 N–H and O–H groups in total. The van der Waals surface area contributed by atoms with Gasteiger partial charge in [-0.05, 0) is 42.3 Å². The number of anilines is 1. The minimum Gasteiger partial charge on any atom is -0.497 e. The molecule has 0 aliphatic rings. The number of nitrogens with one attached hydrogen (secondary N) is 1. The van der Waals surface area contributed by atoms with Crippen LogP contribution in [0, 0.1) is 6.92 Å². The summed E-state index contributed by atoms with van der Waals surface area (Å²) in [6, 6.07) is 15.4. The molecule has 0 amide bonds. The van der Waals surface area contributed by atoms with E-state index in [9.17, 15) is 9.59 Å². The van der Waals surface area contributed by atoms with Gasteiger partial charge in [-0.3, -0.25) is 18.5 Å². The molecule has 0 bridgehead atoms. The van der Waals surface area contributed by atoms with Crippen LogP contribution in [0.25, 0.3) is 11.2 Å². The van der Waals surface area contributed by atoms with Crippen molar-refractivity contribution >= 4 is 23.3 Å². The van der Waals surface area contributed by atoms with Crippen molar-refractivity contribution in [3.05, 3.63) is 86.1 Å². The molecule has 0 atom stereocenters. The maximum absolute atomic E-state index is 13.0. The molecule has 0 aliphatic carbocycles. The summed E-state index contributed by atoms with van der Waals surface area (Å²) >= 11 is 0. The van der Waals surface area contributed by atoms with Gasteiger partial charge in [0.05, 0.1) is 19.9 Å². The van der Waals surface area contributed by atoms with Crippen molar-refractivity contribution in [2.75, 3.05) is 12.5 Å². The molecule has 4 rings (SSSR count). The molecule has 2 aromatic carbocycles. The second-order valence-electron chi connectivity index (χ2n) is 7.53. The number of rotatable bonds is 6. The van der Waals surface area contributed by atoms with E-state index in [1.807, 2.05) is 55.5 Å². The zero-order valence-corrected chi connectivity index (χ0v) is 18.4. The number of ether oxygens (including phenoxy) is 1. The van der Waals surface area contributed by atoms with Gasteiger partial charge in [-0.15, -0.1) is 0 Å². The highest BCUT2D eigenvalue weighted by Crippen LogP contribution is 2.18. The minimum atomic E-state index is -0.434. The normalized spacial score (nSPS) is 11.4. The van der Waals surface area contributed by atoms with Crippen LogP contribution in [0.3, 0.4) is 0 Å². The topological polar surface area (TPSA) is 95.4 Å². The van der Waals surface area contributed by atoms with Gasteiger partial charge in [0.15, 0.2) is 11.2 Å². The fourth-order valence-electron chi connectivity index (χ4n) is 3.53. The summed E-state index contributed by atoms with van der Waals surface area (Å²) in [5.41, 5.74) is 5.70. The molecule has 0 saturated carbocycles. The Hall–Kier alpha value is -4.14. The molecule has 32 heavy (non-hydrogen) atoms. The van der Waals surface area contributed by atoms with Crippen molar-refractivity contribution in [1.82, 2.24) is 18.7 Å². The van der Waals surface area contributed by atoms with Crippen LogP contribution < -0.4 is 21.4 Å². The van der Waals surface area contributed by atoms with Crippen LogP contribution in [0.1, 0.15) is 16.7 Å². The van der Waals surface area contributed by atoms with Crippen molar-refractivity contribution in [2.45, 2.75) is 13.5 Å². The van der Waals surface area contributed by atoms with E-state index >= 15 is 0 Å². The van der Waals surface area contributed by atoms with E-state index in [1.165, 1.54) is 11.6 Å². The van der Waals surface area contributed by atoms with E-state index < -0.39 is 11.2 Å². The van der Waals surface area contributed by atoms with Gasteiger partial charge in [-0.25, -0.2) is 10.2 Å². The van der Waals surface area contributed by atoms with Crippen LogP contribution in [-0.4, -0.2) is 32.0 Å². The van der Waals surface area contributed by atoms with Crippen LogP contribution in [0.2, 0.25) is 0 Å². The molecule has 0 radical (unpaired) electrons. The number of aromatic nitrogens is 4. The fourth-order valence-corrected chi connectivity index (χ4v) is 3.53. The Labute approximate surface area is 184 Å². The molecule has 0 aliphatic heterocycles. The summed E-state index contributed by atoms with van der Waals surface area (Å²) in [6.07, 6.45) is 1.65. The zero-order valence-electron chi connectivity index (χ0n) is 18.4. The Morgan fingerprint density at radius 1 is 1.09 bits per heavy atom. The van der Waals surface area contributed by atoms with E-state index in [2.05, 4.69) is 15.5 Å². The van der Waals surface area contributed by atoms with Crippen molar-refractivity contribution in [3.63, 3.8) is 0 Å². The number of hydrogen-bond donors (Lipinski definition) is 1. The summed E-state index contributed by atoms with van der Waals surface area (Å²) in [5, 5.41) is 4.29. The quantitative estimate of drug-likeness (QED) is 0.372. The van der Waals surface area contributed by atoms with Crippen molar-refractivity contribution < 1.29 is 4.74 Å². The van der Waals surface area contributed by atoms with Gasteiger partial charge < -0.3 is 4.74 Å². The van der Waals surface area contributed by atoms with Crippen LogP contribution in [0.5, 0.6) is 5.75 Å². The highest BCUT2D eigenvalue weighted by atomic mass is 16.5. The van der Waals surface area contributed by atoms with Gasteiger partial charge in [-0.1, -0.05) is 29.8 Å². The summed E-state index contributed by atoms with van der Waals surface area (Å²) in [6.45, 7) is 2.41. The number of fused-ring (bicyclic) bond motifs is 1. The second kappa shape index (κ2) is 8.54. The molecular formula is C23H24N6O3. The number of benzene rings is 2. The fraction of sp³-hybridized carbons (Fsp3) is 0.217. The van der Waals surface area contributed by atoms with E-state index in [4.69, 9.17) is 4.74 Å². The van der Waals surface area contributed by atoms with Crippen molar-refractivity contribution in [3.8, 4) is 5.75 Å². The summed E-state index contributed by atoms with van der Waals surface area (Å²) in [4.78, 5) is 29.9. The zero-order chi connectivity index (χ0) is 22.8. The summed E-state index contributed by atoms with van der Waals surface area (Å²) < 4.78 is 9.36. The largest absolute Gasteiger partial charge is 0.497 e. The molecule has 9 nitrogen and oxygen atoms in total. The van der Waals surface area contributed by atoms with Crippen LogP contribution in [-0.2, 0) is 20.6 Å². The molecule has 2 heterocycles. The van der Waals surface area contributed by atoms with E-state index in [1.54, 1.807) is 24.9 Å². The lowest BCUT2D eigenvalue weighted by atomic mass is 10.1. The monoisotopic (exact) mass is 432 g/mol. The maximum Gasteiger partial charge on any atom is 0.332 e. The Kier molecular flexibility index (Phi) is 5.63. The first-order valence-corrected chi connectivity index (χ1v) is 10.0. The lowest BCUT2D eigenvalue weighted by molar-refractivity contribution is 0.415. The summed E-state index contributed by atoms with van der Waals surface area (Å²) in [7, 11) is 4.67. The van der Waals surface area contributed by atoms with E-state index in [0.717, 1.165) is 27.0 Å². The van der Waals surface area contributed by atoms with Crippen molar-refractivity contribution in [2.24, 2.45) is 19.2 Å². The Morgan fingerprint density at radius 2 is 1.84 bits per heavy atom. The molecule has 4 aromatic rings. The third-order valence-electron chi connectivity index (χ3n) is 5.27.